The summed E-state index contributed by atoms with van der Waals surface area (Å²) >= 11 is 12.9. The third-order valence-electron chi connectivity index (χ3n) is 8.85. The second-order valence-corrected chi connectivity index (χ2v) is 12.7. The lowest BCUT2D eigenvalue weighted by molar-refractivity contribution is 0.0989. The Kier molecular flexibility index (Phi) is 8.59. The average Bonchev–Trinajstić information content (AvgIpc) is 4.00. The van der Waals surface area contributed by atoms with Crippen molar-refractivity contribution < 1.29 is 19.1 Å². The molecule has 8 rings (SSSR count). The van der Waals surface area contributed by atoms with Crippen LogP contribution < -0.4 is 20.9 Å². The number of nitrogens with two attached hydrogens (primary N) is 2. The van der Waals surface area contributed by atoms with E-state index in [2.05, 4.69) is 41.2 Å². The largest absolute Gasteiger partial charge is 0.494 e. The monoisotopic (exact) mass is 764 g/mol. The van der Waals surface area contributed by atoms with E-state index in [4.69, 9.17) is 54.1 Å². The first-order valence-electron chi connectivity index (χ1n) is 16.0. The minimum absolute atomic E-state index is 0.160. The number of imidazole rings is 2. The van der Waals surface area contributed by atoms with Gasteiger partial charge in [0, 0.05) is 45.4 Å². The third-order valence-corrected chi connectivity index (χ3v) is 9.32. The summed E-state index contributed by atoms with van der Waals surface area (Å²) in [4.78, 5) is 35.0. The predicted molar refractivity (Wildman–Crippen MR) is 197 cm³/mol. The van der Waals surface area contributed by atoms with Crippen molar-refractivity contribution in [2.24, 2.45) is 11.5 Å². The Balaban J connectivity index is 1.37. The molecule has 8 aromatic rings. The number of rotatable bonds is 11. The lowest BCUT2D eigenvalue weighted by atomic mass is 10.1. The van der Waals surface area contributed by atoms with Gasteiger partial charge in [-0.2, -0.15) is 10.4 Å². The molecule has 0 saturated heterocycles. The van der Waals surface area contributed by atoms with Gasteiger partial charge in [-0.1, -0.05) is 23.2 Å². The fourth-order valence-corrected chi connectivity index (χ4v) is 6.89. The van der Waals surface area contributed by atoms with E-state index in [1.807, 2.05) is 9.13 Å². The molecule has 0 fully saturated rings. The molecule has 0 aliphatic rings. The molecule has 0 spiro atoms. The maximum absolute atomic E-state index is 12.5. The zero-order valence-corrected chi connectivity index (χ0v) is 29.7. The molecule has 6 N–H and O–H groups in total. The number of methoxy groups -OCH3 is 2. The number of carbonyl (C=O) groups excluding carboxylic acids is 2. The SMILES string of the molecule is COc1c(C(N)=O)ccc2c1nc(-c1ccc(Cl)cc1-c1nn[nH]n1)n2CCn1c(-c2ccc(Cl)cc2-c2nn[nH]n2)nc2c(OC)c(C(N)=O)ccc21. The van der Waals surface area contributed by atoms with Gasteiger partial charge < -0.3 is 30.1 Å². The van der Waals surface area contributed by atoms with Crippen molar-refractivity contribution in [3.63, 3.8) is 0 Å². The van der Waals surface area contributed by atoms with Crippen molar-refractivity contribution in [1.29, 1.82) is 0 Å². The topological polar surface area (TPSA) is 249 Å². The van der Waals surface area contributed by atoms with Crippen molar-refractivity contribution >= 4 is 57.1 Å². The number of tetrazole rings is 2. The van der Waals surface area contributed by atoms with E-state index in [9.17, 15) is 9.59 Å². The first-order valence-corrected chi connectivity index (χ1v) is 16.8. The normalized spacial score (nSPS) is 11.4. The predicted octanol–water partition coefficient (Wildman–Crippen LogP) is 4.30. The molecule has 2 amide bonds. The van der Waals surface area contributed by atoms with Gasteiger partial charge in [0.25, 0.3) is 11.8 Å². The molecule has 270 valence electrons. The molecule has 0 aliphatic carbocycles. The zero-order chi connectivity index (χ0) is 37.7. The molecular weight excluding hydrogens is 739 g/mol. The maximum atomic E-state index is 12.5. The van der Waals surface area contributed by atoms with Crippen LogP contribution in [0.3, 0.4) is 0 Å². The molecule has 20 heteroatoms. The molecule has 4 heterocycles. The third kappa shape index (κ3) is 5.69. The molecule has 0 unspecified atom stereocenters. The number of primary amides is 2. The second-order valence-electron chi connectivity index (χ2n) is 11.8. The number of fused-ring (bicyclic) bond motifs is 2. The molecule has 4 aromatic heterocycles. The van der Waals surface area contributed by atoms with E-state index < -0.39 is 11.8 Å². The number of aryl methyl sites for hydroxylation is 2. The van der Waals surface area contributed by atoms with Gasteiger partial charge in [-0.3, -0.25) is 9.59 Å². The smallest absolute Gasteiger partial charge is 0.252 e. The number of hydrogen-bond donors (Lipinski definition) is 4. The molecule has 0 aliphatic heterocycles. The summed E-state index contributed by atoms with van der Waals surface area (Å²) in [6, 6.07) is 17.1. The van der Waals surface area contributed by atoms with Crippen LogP contribution >= 0.6 is 23.2 Å². The summed E-state index contributed by atoms with van der Waals surface area (Å²) in [5.74, 6) is 0.573. The van der Waals surface area contributed by atoms with Crippen molar-refractivity contribution in [3.8, 4) is 57.1 Å². The summed E-state index contributed by atoms with van der Waals surface area (Å²) in [6.45, 7) is 0.533. The highest BCUT2D eigenvalue weighted by Crippen LogP contribution is 2.40. The van der Waals surface area contributed by atoms with Gasteiger partial charge in [-0.15, -0.1) is 20.4 Å². The molecule has 18 nitrogen and oxygen atoms in total. The highest BCUT2D eigenvalue weighted by atomic mass is 35.5. The highest BCUT2D eigenvalue weighted by molar-refractivity contribution is 6.31. The van der Waals surface area contributed by atoms with E-state index in [1.165, 1.54) is 14.2 Å². The number of nitrogens with one attached hydrogen (secondary N) is 2. The maximum Gasteiger partial charge on any atom is 0.252 e. The van der Waals surface area contributed by atoms with Crippen LogP contribution in [0.4, 0.5) is 0 Å². The Labute approximate surface area is 313 Å². The van der Waals surface area contributed by atoms with Crippen LogP contribution in [-0.4, -0.2) is 86.4 Å². The Morgan fingerprint density at radius 3 is 1.43 bits per heavy atom. The highest BCUT2D eigenvalue weighted by Gasteiger charge is 2.26. The second kappa shape index (κ2) is 13.6. The van der Waals surface area contributed by atoms with E-state index >= 15 is 0 Å². The summed E-state index contributed by atoms with van der Waals surface area (Å²) in [5.41, 5.74) is 16.1. The minimum Gasteiger partial charge on any atom is -0.494 e. The quantitative estimate of drug-likeness (QED) is 0.144. The van der Waals surface area contributed by atoms with Crippen LogP contribution in [-0.2, 0) is 13.1 Å². The Morgan fingerprint density at radius 1 is 0.648 bits per heavy atom. The molecule has 4 aromatic carbocycles. The molecule has 0 saturated carbocycles. The first-order chi connectivity index (χ1) is 26.2. The number of aromatic amines is 2. The molecule has 54 heavy (non-hydrogen) atoms. The Morgan fingerprint density at radius 2 is 1.07 bits per heavy atom. The van der Waals surface area contributed by atoms with Crippen LogP contribution in [0, 0.1) is 0 Å². The van der Waals surface area contributed by atoms with Crippen LogP contribution in [0.25, 0.3) is 67.6 Å². The lowest BCUT2D eigenvalue weighted by Crippen LogP contribution is -2.13. The summed E-state index contributed by atoms with van der Waals surface area (Å²) < 4.78 is 15.3. The lowest BCUT2D eigenvalue weighted by Gasteiger charge is -2.16. The van der Waals surface area contributed by atoms with Crippen LogP contribution in [0.5, 0.6) is 11.5 Å². The summed E-state index contributed by atoms with van der Waals surface area (Å²) in [7, 11) is 2.88. The zero-order valence-electron chi connectivity index (χ0n) is 28.2. The summed E-state index contributed by atoms with van der Waals surface area (Å²) in [6.07, 6.45) is 0. The van der Waals surface area contributed by atoms with E-state index in [0.29, 0.717) is 66.0 Å². The van der Waals surface area contributed by atoms with Crippen molar-refractivity contribution in [1.82, 2.24) is 60.4 Å². The number of nitrogens with zero attached hydrogens (tertiary/aromatic N) is 10. The fraction of sp³-hybridized carbons (Fsp3) is 0.118. The Hall–Kier alpha value is -6.92. The molecule has 0 atom stereocenters. The standard InChI is InChI=1S/C34H26Cl2N14O4/c1-53-27-19(29(37)51)7-9-23-25(27)39-33(17-5-3-15(35)13-21(17)31-41-45-46-42-31)49(23)11-12-50-24-10-8-20(30(38)52)28(54-2)26(24)40-34(50)18-6-4-16(36)14-22(18)32-43-47-48-44-32/h3-10,13-14H,11-12H2,1-2H3,(H2,37,51)(H2,38,52)(H,41,42,45,46)(H,43,44,47,48). The number of amides is 2. The van der Waals surface area contributed by atoms with E-state index in [-0.39, 0.29) is 47.4 Å². The van der Waals surface area contributed by atoms with Gasteiger partial charge in [0.15, 0.2) is 11.5 Å². The van der Waals surface area contributed by atoms with Gasteiger partial charge in [0.2, 0.25) is 11.6 Å². The Bertz CT molecular complexity index is 2560. The van der Waals surface area contributed by atoms with Gasteiger partial charge in [0.1, 0.15) is 22.7 Å². The van der Waals surface area contributed by atoms with Gasteiger partial charge >= 0.3 is 0 Å². The van der Waals surface area contributed by atoms with Crippen LogP contribution in [0.15, 0.2) is 60.7 Å². The number of benzene rings is 4. The molecule has 0 bridgehead atoms. The van der Waals surface area contributed by atoms with Crippen LogP contribution in [0.2, 0.25) is 10.0 Å². The van der Waals surface area contributed by atoms with Crippen molar-refractivity contribution in [3.05, 3.63) is 81.8 Å². The van der Waals surface area contributed by atoms with Gasteiger partial charge in [-0.25, -0.2) is 9.97 Å². The average molecular weight is 766 g/mol. The molecule has 0 radical (unpaired) electrons. The number of aromatic nitrogens is 12. The van der Waals surface area contributed by atoms with E-state index in [0.717, 1.165) is 0 Å². The van der Waals surface area contributed by atoms with Crippen LogP contribution in [0.1, 0.15) is 20.7 Å². The minimum atomic E-state index is -0.678. The summed E-state index contributed by atoms with van der Waals surface area (Å²) in [5, 5.41) is 30.1. The van der Waals surface area contributed by atoms with Gasteiger partial charge in [-0.05, 0) is 71.1 Å². The number of halogens is 2. The first kappa shape index (κ1) is 34.2. The number of ether oxygens (including phenoxy) is 2. The van der Waals surface area contributed by atoms with E-state index in [1.54, 1.807) is 60.7 Å². The number of hydrogen-bond acceptors (Lipinski definition) is 12. The number of H-pyrrole nitrogens is 2. The van der Waals surface area contributed by atoms with Crippen molar-refractivity contribution in [2.45, 2.75) is 13.1 Å². The fourth-order valence-electron chi connectivity index (χ4n) is 6.54. The molecular formula is C34H26Cl2N14O4. The van der Waals surface area contributed by atoms with Gasteiger partial charge in [0.05, 0.1) is 36.4 Å². The van der Waals surface area contributed by atoms with Crippen molar-refractivity contribution in [2.75, 3.05) is 14.2 Å². The number of carbonyl (C=O) groups is 2.